The van der Waals surface area contributed by atoms with Crippen LogP contribution in [-0.2, 0) is 28.6 Å². The van der Waals surface area contributed by atoms with Gasteiger partial charge in [0.1, 0.15) is 13.2 Å². The quantitative estimate of drug-likeness (QED) is 0.0261. The van der Waals surface area contributed by atoms with E-state index in [2.05, 4.69) is 45.1 Å². The van der Waals surface area contributed by atoms with Crippen LogP contribution in [-0.4, -0.2) is 37.2 Å². The summed E-state index contributed by atoms with van der Waals surface area (Å²) < 4.78 is 17.0. The first-order chi connectivity index (χ1) is 40.5. The van der Waals surface area contributed by atoms with Gasteiger partial charge in [0, 0.05) is 19.3 Å². The van der Waals surface area contributed by atoms with Crippen LogP contribution in [0, 0.1) is 0 Å². The summed E-state index contributed by atoms with van der Waals surface area (Å²) in [4.78, 5) is 38.5. The second-order valence-corrected chi connectivity index (χ2v) is 25.6. The third-order valence-corrected chi connectivity index (χ3v) is 17.2. The first kappa shape index (κ1) is 79.9. The van der Waals surface area contributed by atoms with Crippen molar-refractivity contribution < 1.29 is 28.6 Å². The Kier molecular flexibility index (Phi) is 69.5. The minimum atomic E-state index is -0.772. The first-order valence-corrected chi connectivity index (χ1v) is 37.3. The zero-order valence-corrected chi connectivity index (χ0v) is 55.8. The number of allylic oxidation sites excluding steroid dienone is 4. The molecule has 0 saturated heterocycles. The average molecular weight is 1150 g/mol. The summed E-state index contributed by atoms with van der Waals surface area (Å²) in [6, 6.07) is 0. The topological polar surface area (TPSA) is 78.9 Å². The van der Waals surface area contributed by atoms with Crippen molar-refractivity contribution in [2.75, 3.05) is 13.2 Å². The van der Waals surface area contributed by atoms with Gasteiger partial charge in [-0.15, -0.1) is 0 Å². The van der Waals surface area contributed by atoms with Crippen LogP contribution < -0.4 is 0 Å². The van der Waals surface area contributed by atoms with Crippen LogP contribution in [0.4, 0.5) is 0 Å². The molecule has 82 heavy (non-hydrogen) atoms. The standard InChI is InChI=1S/C76H144O6/c1-4-7-10-13-16-19-22-25-27-29-31-33-35-36-37-38-39-40-41-43-44-46-48-51-54-57-60-63-66-69-75(78)81-72-73(71-80-74(77)68-65-62-59-56-53-50-24-21-18-15-12-9-6-3)82-76(79)70-67-64-61-58-55-52-49-47-45-42-34-32-30-28-26-23-20-17-14-11-8-5-2/h21,24,29,31,73H,4-20,22-23,25-28,30,32-72H2,1-3H3/b24-21-,31-29-. The molecule has 0 fully saturated rings. The largest absolute Gasteiger partial charge is 0.462 e. The Labute approximate surface area is 513 Å². The molecule has 6 heteroatoms. The Balaban J connectivity index is 4.17. The maximum Gasteiger partial charge on any atom is 0.306 e. The van der Waals surface area contributed by atoms with Crippen molar-refractivity contribution in [3.05, 3.63) is 24.3 Å². The number of esters is 3. The SMILES string of the molecule is CCCCCC/C=C\CCCCCCCC(=O)OCC(COC(=O)CCCCCCCCCCCCCCCCCCC/C=C\CCCCCCCCCC)OC(=O)CCCCCCCCCCCCCCCCCCCCCCCC. The molecule has 0 aromatic rings. The Morgan fingerprint density at radius 3 is 0.622 bits per heavy atom. The lowest BCUT2D eigenvalue weighted by Crippen LogP contribution is -2.30. The molecule has 0 rings (SSSR count). The van der Waals surface area contributed by atoms with E-state index >= 15 is 0 Å². The molecule has 6 nitrogen and oxygen atoms in total. The number of hydrogen-bond donors (Lipinski definition) is 0. The molecule has 0 heterocycles. The van der Waals surface area contributed by atoms with Crippen molar-refractivity contribution >= 4 is 17.9 Å². The van der Waals surface area contributed by atoms with Gasteiger partial charge >= 0.3 is 17.9 Å². The van der Waals surface area contributed by atoms with Crippen molar-refractivity contribution in [3.8, 4) is 0 Å². The highest BCUT2D eigenvalue weighted by atomic mass is 16.6. The van der Waals surface area contributed by atoms with E-state index in [0.29, 0.717) is 19.3 Å². The fourth-order valence-corrected chi connectivity index (χ4v) is 11.6. The maximum atomic E-state index is 13.0. The van der Waals surface area contributed by atoms with Gasteiger partial charge in [-0.05, 0) is 70.6 Å². The Hall–Kier alpha value is -2.11. The zero-order chi connectivity index (χ0) is 59.2. The number of hydrogen-bond acceptors (Lipinski definition) is 6. The molecule has 1 unspecified atom stereocenters. The van der Waals surface area contributed by atoms with E-state index in [0.717, 1.165) is 64.2 Å². The maximum absolute atomic E-state index is 13.0. The molecule has 0 aromatic heterocycles. The van der Waals surface area contributed by atoms with Gasteiger partial charge in [0.2, 0.25) is 0 Å². The minimum Gasteiger partial charge on any atom is -0.462 e. The Morgan fingerprint density at radius 1 is 0.232 bits per heavy atom. The van der Waals surface area contributed by atoms with Gasteiger partial charge in [-0.25, -0.2) is 0 Å². The van der Waals surface area contributed by atoms with Gasteiger partial charge in [0.05, 0.1) is 0 Å². The molecular formula is C76H144O6. The van der Waals surface area contributed by atoms with Crippen molar-refractivity contribution in [2.24, 2.45) is 0 Å². The van der Waals surface area contributed by atoms with E-state index in [-0.39, 0.29) is 31.1 Å². The van der Waals surface area contributed by atoms with Crippen LogP contribution in [0.1, 0.15) is 425 Å². The summed E-state index contributed by atoms with van der Waals surface area (Å²) in [5, 5.41) is 0. The normalized spacial score (nSPS) is 12.1. The van der Waals surface area contributed by atoms with E-state index in [1.54, 1.807) is 0 Å². The molecule has 0 aliphatic rings. The van der Waals surface area contributed by atoms with Crippen molar-refractivity contribution in [1.82, 2.24) is 0 Å². The smallest absolute Gasteiger partial charge is 0.306 e. The highest BCUT2D eigenvalue weighted by Gasteiger charge is 2.20. The summed E-state index contributed by atoms with van der Waals surface area (Å²) >= 11 is 0. The van der Waals surface area contributed by atoms with Crippen LogP contribution in [0.5, 0.6) is 0 Å². The summed E-state index contributed by atoms with van der Waals surface area (Å²) in [7, 11) is 0. The molecule has 0 aromatic carbocycles. The van der Waals surface area contributed by atoms with Crippen LogP contribution in [0.3, 0.4) is 0 Å². The molecule has 0 aliphatic carbocycles. The van der Waals surface area contributed by atoms with Crippen molar-refractivity contribution in [1.29, 1.82) is 0 Å². The van der Waals surface area contributed by atoms with Crippen molar-refractivity contribution in [2.45, 2.75) is 431 Å². The van der Waals surface area contributed by atoms with Gasteiger partial charge < -0.3 is 14.2 Å². The molecule has 0 radical (unpaired) electrons. The molecule has 0 aliphatic heterocycles. The number of ether oxygens (including phenoxy) is 3. The lowest BCUT2D eigenvalue weighted by Gasteiger charge is -2.18. The van der Waals surface area contributed by atoms with Gasteiger partial charge in [-0.2, -0.15) is 0 Å². The second-order valence-electron chi connectivity index (χ2n) is 25.6. The Morgan fingerprint density at radius 2 is 0.402 bits per heavy atom. The first-order valence-electron chi connectivity index (χ1n) is 37.3. The van der Waals surface area contributed by atoms with E-state index in [9.17, 15) is 14.4 Å². The molecule has 0 bridgehead atoms. The van der Waals surface area contributed by atoms with E-state index in [1.807, 2.05) is 0 Å². The average Bonchev–Trinajstić information content (AvgIpc) is 3.48. The monoisotopic (exact) mass is 1150 g/mol. The van der Waals surface area contributed by atoms with Crippen LogP contribution in [0.25, 0.3) is 0 Å². The predicted molar refractivity (Wildman–Crippen MR) is 358 cm³/mol. The van der Waals surface area contributed by atoms with Crippen molar-refractivity contribution in [3.63, 3.8) is 0 Å². The van der Waals surface area contributed by atoms with E-state index < -0.39 is 6.10 Å². The molecular weight excluding hydrogens is 1010 g/mol. The summed E-state index contributed by atoms with van der Waals surface area (Å²) in [6.07, 6.45) is 88.0. The third kappa shape index (κ3) is 68.7. The third-order valence-electron chi connectivity index (χ3n) is 17.2. The van der Waals surface area contributed by atoms with E-state index in [4.69, 9.17) is 14.2 Å². The fraction of sp³-hybridized carbons (Fsp3) is 0.908. The summed E-state index contributed by atoms with van der Waals surface area (Å²) in [6.45, 7) is 6.71. The minimum absolute atomic E-state index is 0.0673. The lowest BCUT2D eigenvalue weighted by molar-refractivity contribution is -0.167. The highest BCUT2D eigenvalue weighted by Crippen LogP contribution is 2.19. The van der Waals surface area contributed by atoms with Gasteiger partial charge in [0.25, 0.3) is 0 Å². The lowest BCUT2D eigenvalue weighted by atomic mass is 10.0. The van der Waals surface area contributed by atoms with E-state index in [1.165, 1.54) is 321 Å². The predicted octanol–water partition coefficient (Wildman–Crippen LogP) is 25.7. The molecule has 0 saturated carbocycles. The number of carbonyl (C=O) groups excluding carboxylic acids is 3. The number of carbonyl (C=O) groups is 3. The summed E-state index contributed by atoms with van der Waals surface area (Å²) in [5.74, 6) is -0.842. The molecule has 0 N–H and O–H groups in total. The fourth-order valence-electron chi connectivity index (χ4n) is 11.6. The van der Waals surface area contributed by atoms with Gasteiger partial charge in [-0.1, -0.05) is 360 Å². The Bertz CT molecular complexity index is 1320. The molecule has 484 valence electrons. The van der Waals surface area contributed by atoms with Crippen LogP contribution in [0.2, 0.25) is 0 Å². The molecule has 0 amide bonds. The number of unbranched alkanes of at least 4 members (excludes halogenated alkanes) is 55. The zero-order valence-electron chi connectivity index (χ0n) is 55.8. The molecule has 0 spiro atoms. The second kappa shape index (κ2) is 71.4. The van der Waals surface area contributed by atoms with Crippen LogP contribution in [0.15, 0.2) is 24.3 Å². The summed E-state index contributed by atoms with van der Waals surface area (Å²) in [5.41, 5.74) is 0. The molecule has 1 atom stereocenters. The van der Waals surface area contributed by atoms with Crippen LogP contribution >= 0.6 is 0 Å². The van der Waals surface area contributed by atoms with Gasteiger partial charge in [-0.3, -0.25) is 14.4 Å². The van der Waals surface area contributed by atoms with Gasteiger partial charge in [0.15, 0.2) is 6.10 Å². The number of rotatable bonds is 70. The highest BCUT2D eigenvalue weighted by molar-refractivity contribution is 5.71.